The van der Waals surface area contributed by atoms with E-state index in [0.29, 0.717) is 6.42 Å². The number of hydrogen-bond donors (Lipinski definition) is 1. The molecule has 1 unspecified atom stereocenters. The van der Waals surface area contributed by atoms with Crippen LogP contribution in [-0.4, -0.2) is 27.2 Å². The molecule has 0 aliphatic carbocycles. The molecule has 112 valence electrons. The summed E-state index contributed by atoms with van der Waals surface area (Å²) in [6, 6.07) is 10.2. The maximum absolute atomic E-state index is 11.1. The van der Waals surface area contributed by atoms with Gasteiger partial charge in [-0.3, -0.25) is 0 Å². The van der Waals surface area contributed by atoms with E-state index in [9.17, 15) is 5.11 Å². The van der Waals surface area contributed by atoms with Crippen molar-refractivity contribution in [3.8, 4) is 11.3 Å². The first kappa shape index (κ1) is 15.1. The summed E-state index contributed by atoms with van der Waals surface area (Å²) in [5.41, 5.74) is 1.46. The van der Waals surface area contributed by atoms with Crippen LogP contribution in [0.25, 0.3) is 11.3 Å². The monoisotopic (exact) mass is 319 g/mol. The SMILES string of the molecule is CC1(C)CCSCC1(O)Cc1nc(-c2ccccc2)cs1. The third kappa shape index (κ3) is 3.03. The fourth-order valence-electron chi connectivity index (χ4n) is 2.67. The minimum Gasteiger partial charge on any atom is -0.388 e. The quantitative estimate of drug-likeness (QED) is 0.918. The fourth-order valence-corrected chi connectivity index (χ4v) is 5.21. The van der Waals surface area contributed by atoms with Crippen molar-refractivity contribution in [3.05, 3.63) is 40.7 Å². The molecule has 21 heavy (non-hydrogen) atoms. The predicted octanol–water partition coefficient (Wildman–Crippen LogP) is 4.25. The zero-order chi connectivity index (χ0) is 14.9. The summed E-state index contributed by atoms with van der Waals surface area (Å²) in [4.78, 5) is 4.73. The van der Waals surface area contributed by atoms with Crippen molar-refractivity contribution in [2.45, 2.75) is 32.3 Å². The molecule has 2 aromatic rings. The number of hydrogen-bond acceptors (Lipinski definition) is 4. The van der Waals surface area contributed by atoms with E-state index < -0.39 is 5.60 Å². The highest BCUT2D eigenvalue weighted by atomic mass is 32.2. The number of nitrogens with zero attached hydrogens (tertiary/aromatic N) is 1. The van der Waals surface area contributed by atoms with E-state index in [2.05, 4.69) is 31.4 Å². The number of thioether (sulfide) groups is 1. The number of aromatic nitrogens is 1. The molecule has 2 heterocycles. The average molecular weight is 319 g/mol. The van der Waals surface area contributed by atoms with Crippen LogP contribution in [-0.2, 0) is 6.42 Å². The van der Waals surface area contributed by atoms with E-state index in [1.165, 1.54) is 0 Å². The Morgan fingerprint density at radius 3 is 2.71 bits per heavy atom. The van der Waals surface area contributed by atoms with Crippen molar-refractivity contribution in [3.63, 3.8) is 0 Å². The van der Waals surface area contributed by atoms with Crippen LogP contribution in [0.4, 0.5) is 0 Å². The second kappa shape index (κ2) is 5.75. The Hall–Kier alpha value is -0.840. The summed E-state index contributed by atoms with van der Waals surface area (Å²) in [5, 5.41) is 14.2. The van der Waals surface area contributed by atoms with Crippen LogP contribution >= 0.6 is 23.1 Å². The molecule has 1 aliphatic heterocycles. The summed E-state index contributed by atoms with van der Waals surface area (Å²) in [7, 11) is 0. The molecule has 1 aliphatic rings. The molecule has 1 N–H and O–H groups in total. The topological polar surface area (TPSA) is 33.1 Å². The third-order valence-corrected chi connectivity index (χ3v) is 6.56. The van der Waals surface area contributed by atoms with Gasteiger partial charge in [0.05, 0.1) is 16.3 Å². The highest BCUT2D eigenvalue weighted by Gasteiger charge is 2.46. The summed E-state index contributed by atoms with van der Waals surface area (Å²) in [5.74, 6) is 1.95. The van der Waals surface area contributed by atoms with Gasteiger partial charge in [-0.05, 0) is 17.6 Å². The van der Waals surface area contributed by atoms with Crippen molar-refractivity contribution < 1.29 is 5.11 Å². The molecule has 0 bridgehead atoms. The second-order valence-electron chi connectivity index (χ2n) is 6.39. The molecule has 1 aromatic carbocycles. The van der Waals surface area contributed by atoms with Crippen LogP contribution in [0.5, 0.6) is 0 Å². The molecule has 0 radical (unpaired) electrons. The second-order valence-corrected chi connectivity index (χ2v) is 8.44. The van der Waals surface area contributed by atoms with Gasteiger partial charge in [0.1, 0.15) is 0 Å². The lowest BCUT2D eigenvalue weighted by molar-refractivity contribution is -0.0513. The minimum atomic E-state index is -0.651. The van der Waals surface area contributed by atoms with Crippen molar-refractivity contribution in [1.29, 1.82) is 0 Å². The zero-order valence-corrected chi connectivity index (χ0v) is 14.1. The maximum Gasteiger partial charge on any atom is 0.0961 e. The van der Waals surface area contributed by atoms with Crippen molar-refractivity contribution in [2.24, 2.45) is 5.41 Å². The Labute approximate surface area is 134 Å². The third-order valence-electron chi connectivity index (χ3n) is 4.54. The Kier molecular flexibility index (Phi) is 4.12. The molecule has 1 fully saturated rings. The molecular formula is C17H21NOS2. The molecule has 0 spiro atoms. The van der Waals surface area contributed by atoms with Crippen LogP contribution in [0, 0.1) is 5.41 Å². The number of aliphatic hydroxyl groups is 1. The molecule has 1 aromatic heterocycles. The molecule has 1 saturated heterocycles. The van der Waals surface area contributed by atoms with E-state index in [1.807, 2.05) is 30.0 Å². The van der Waals surface area contributed by atoms with Crippen molar-refractivity contribution in [1.82, 2.24) is 4.98 Å². The lowest BCUT2D eigenvalue weighted by Gasteiger charge is -2.45. The van der Waals surface area contributed by atoms with Crippen LogP contribution in [0.15, 0.2) is 35.7 Å². The summed E-state index contributed by atoms with van der Waals surface area (Å²) >= 11 is 3.51. The van der Waals surface area contributed by atoms with Gasteiger partial charge in [-0.1, -0.05) is 44.2 Å². The summed E-state index contributed by atoms with van der Waals surface area (Å²) in [6.45, 7) is 4.36. The Morgan fingerprint density at radius 2 is 2.00 bits per heavy atom. The Bertz CT molecular complexity index is 608. The summed E-state index contributed by atoms with van der Waals surface area (Å²) in [6.07, 6.45) is 1.72. The van der Waals surface area contributed by atoms with Crippen molar-refractivity contribution >= 4 is 23.1 Å². The van der Waals surface area contributed by atoms with Crippen LogP contribution < -0.4 is 0 Å². The van der Waals surface area contributed by atoms with Gasteiger partial charge in [0.25, 0.3) is 0 Å². The predicted molar refractivity (Wildman–Crippen MR) is 91.9 cm³/mol. The van der Waals surface area contributed by atoms with E-state index >= 15 is 0 Å². The Morgan fingerprint density at radius 1 is 1.24 bits per heavy atom. The van der Waals surface area contributed by atoms with Crippen LogP contribution in [0.2, 0.25) is 0 Å². The van der Waals surface area contributed by atoms with Crippen LogP contribution in [0.1, 0.15) is 25.3 Å². The molecule has 2 nitrogen and oxygen atoms in total. The van der Waals surface area contributed by atoms with Gasteiger partial charge in [-0.25, -0.2) is 4.98 Å². The van der Waals surface area contributed by atoms with E-state index in [0.717, 1.165) is 34.2 Å². The molecular weight excluding hydrogens is 298 g/mol. The molecule has 4 heteroatoms. The zero-order valence-electron chi connectivity index (χ0n) is 12.5. The number of thiazole rings is 1. The molecule has 1 atom stereocenters. The van der Waals surface area contributed by atoms with Gasteiger partial charge >= 0.3 is 0 Å². The summed E-state index contributed by atoms with van der Waals surface area (Å²) < 4.78 is 0. The minimum absolute atomic E-state index is 0.0448. The molecule has 0 amide bonds. The highest BCUT2D eigenvalue weighted by Crippen LogP contribution is 2.44. The van der Waals surface area contributed by atoms with Gasteiger partial charge in [-0.15, -0.1) is 11.3 Å². The van der Waals surface area contributed by atoms with Gasteiger partial charge < -0.3 is 5.11 Å². The van der Waals surface area contributed by atoms with Gasteiger partial charge in [0.2, 0.25) is 0 Å². The number of benzene rings is 1. The van der Waals surface area contributed by atoms with E-state index in [-0.39, 0.29) is 5.41 Å². The van der Waals surface area contributed by atoms with Gasteiger partial charge in [-0.2, -0.15) is 11.8 Å². The first-order valence-electron chi connectivity index (χ1n) is 7.30. The maximum atomic E-state index is 11.1. The first-order valence-corrected chi connectivity index (χ1v) is 9.34. The first-order chi connectivity index (χ1) is 10.0. The average Bonchev–Trinajstić information content (AvgIpc) is 2.92. The normalized spacial score (nSPS) is 24.9. The van der Waals surface area contributed by atoms with Crippen molar-refractivity contribution in [2.75, 3.05) is 11.5 Å². The number of rotatable bonds is 3. The lowest BCUT2D eigenvalue weighted by Crippen LogP contribution is -2.51. The van der Waals surface area contributed by atoms with E-state index in [1.54, 1.807) is 11.3 Å². The lowest BCUT2D eigenvalue weighted by atomic mass is 9.72. The Balaban J connectivity index is 1.81. The van der Waals surface area contributed by atoms with Gasteiger partial charge in [0, 0.05) is 23.1 Å². The van der Waals surface area contributed by atoms with Crippen LogP contribution in [0.3, 0.4) is 0 Å². The smallest absolute Gasteiger partial charge is 0.0961 e. The fraction of sp³-hybridized carbons (Fsp3) is 0.471. The molecule has 0 saturated carbocycles. The van der Waals surface area contributed by atoms with Gasteiger partial charge in [0.15, 0.2) is 0 Å². The van der Waals surface area contributed by atoms with E-state index in [4.69, 9.17) is 4.98 Å². The molecule has 3 rings (SSSR count). The largest absolute Gasteiger partial charge is 0.388 e. The standard InChI is InChI=1S/C17H21NOS2/c1-16(2)8-9-20-12-17(16,19)10-15-18-14(11-21-15)13-6-4-3-5-7-13/h3-7,11,19H,8-10,12H2,1-2H3. The highest BCUT2D eigenvalue weighted by molar-refractivity contribution is 7.99.